The average Bonchev–Trinajstić information content (AvgIpc) is 2.65. The van der Waals surface area contributed by atoms with Gasteiger partial charge in [0, 0.05) is 11.8 Å². The largest absolute Gasteiger partial charge is 0.379 e. The van der Waals surface area contributed by atoms with Crippen LogP contribution in [0.15, 0.2) is 0 Å². The van der Waals surface area contributed by atoms with Crippen molar-refractivity contribution in [3.05, 3.63) is 0 Å². The lowest BCUT2D eigenvalue weighted by molar-refractivity contribution is 0.156. The number of hydrogen-bond acceptors (Lipinski definition) is 3. The highest BCUT2D eigenvalue weighted by molar-refractivity contribution is 7.99. The van der Waals surface area contributed by atoms with Crippen LogP contribution in [0.2, 0.25) is 0 Å². The van der Waals surface area contributed by atoms with Crippen molar-refractivity contribution in [3.8, 4) is 0 Å². The third-order valence-corrected chi connectivity index (χ3v) is 4.61. The molecule has 0 bridgehead atoms. The molecule has 0 amide bonds. The minimum atomic E-state index is -0.255. The molecule has 0 spiro atoms. The van der Waals surface area contributed by atoms with Crippen molar-refractivity contribution >= 4 is 11.8 Å². The molecule has 0 aromatic heterocycles. The first-order valence-electron chi connectivity index (χ1n) is 7.41. The van der Waals surface area contributed by atoms with Gasteiger partial charge in [0.1, 0.15) is 6.23 Å². The molecule has 1 heterocycles. The van der Waals surface area contributed by atoms with Gasteiger partial charge in [0.05, 0.1) is 0 Å². The first kappa shape index (κ1) is 18.3. The Kier molecular flexibility index (Phi) is 9.36. The Labute approximate surface area is 118 Å². The molecule has 18 heavy (non-hydrogen) atoms. The van der Waals surface area contributed by atoms with Crippen molar-refractivity contribution in [2.75, 3.05) is 11.5 Å². The summed E-state index contributed by atoms with van der Waals surface area (Å²) in [6, 6.07) is 0.523. The first-order valence-corrected chi connectivity index (χ1v) is 8.56. The van der Waals surface area contributed by atoms with E-state index in [2.05, 4.69) is 33.0 Å². The summed E-state index contributed by atoms with van der Waals surface area (Å²) in [5.74, 6) is 3.14. The molecule has 1 aliphatic rings. The summed E-state index contributed by atoms with van der Waals surface area (Å²) >= 11 is 2.03. The zero-order valence-electron chi connectivity index (χ0n) is 13.1. The maximum absolute atomic E-state index is 9.36. The van der Waals surface area contributed by atoms with E-state index in [0.29, 0.717) is 11.5 Å². The highest BCUT2D eigenvalue weighted by atomic mass is 32.2. The summed E-state index contributed by atoms with van der Waals surface area (Å²) < 4.78 is 0. The maximum atomic E-state index is 9.36. The van der Waals surface area contributed by atoms with Crippen LogP contribution in [0.4, 0.5) is 0 Å². The van der Waals surface area contributed by atoms with E-state index in [-0.39, 0.29) is 6.23 Å². The van der Waals surface area contributed by atoms with Crippen LogP contribution in [0, 0.1) is 11.3 Å². The summed E-state index contributed by atoms with van der Waals surface area (Å²) in [6.45, 7) is 13.3. The second kappa shape index (κ2) is 9.22. The third-order valence-electron chi connectivity index (χ3n) is 2.99. The van der Waals surface area contributed by atoms with Crippen LogP contribution in [-0.4, -0.2) is 28.9 Å². The quantitative estimate of drug-likeness (QED) is 0.771. The van der Waals surface area contributed by atoms with E-state index in [0.717, 1.165) is 24.5 Å². The summed E-state index contributed by atoms with van der Waals surface area (Å²) in [5.41, 5.74) is 0.441. The molecule has 0 aromatic carbocycles. The Morgan fingerprint density at radius 3 is 2.33 bits per heavy atom. The van der Waals surface area contributed by atoms with Crippen molar-refractivity contribution in [1.29, 1.82) is 0 Å². The highest BCUT2D eigenvalue weighted by Gasteiger charge is 2.23. The van der Waals surface area contributed by atoms with Crippen LogP contribution in [0.3, 0.4) is 0 Å². The lowest BCUT2D eigenvalue weighted by atomic mass is 9.86. The van der Waals surface area contributed by atoms with E-state index < -0.39 is 0 Å². The molecule has 0 radical (unpaired) electrons. The van der Waals surface area contributed by atoms with Crippen LogP contribution in [0.5, 0.6) is 0 Å². The first-order chi connectivity index (χ1) is 8.39. The standard InChI is InChI=1S/C13H27NOS.C2H6/c1-10(2)7-13(3,4)9-16-8-11-5-6-12(15)14-11;1-2/h10-12,14-15H,5-9H2,1-4H3;1-2H3. The predicted octanol–water partition coefficient (Wildman–Crippen LogP) is 3.89. The molecule has 0 saturated carbocycles. The normalized spacial score (nSPS) is 24.0. The monoisotopic (exact) mass is 275 g/mol. The molecular formula is C15H33NOS. The molecule has 110 valence electrons. The number of rotatable bonds is 6. The number of aliphatic hydroxyl groups is 1. The Bertz CT molecular complexity index is 207. The molecule has 2 nitrogen and oxygen atoms in total. The third kappa shape index (κ3) is 8.39. The zero-order chi connectivity index (χ0) is 14.2. The van der Waals surface area contributed by atoms with Gasteiger partial charge < -0.3 is 5.11 Å². The molecule has 1 saturated heterocycles. The average molecular weight is 276 g/mol. The summed E-state index contributed by atoms with van der Waals surface area (Å²) in [7, 11) is 0. The molecular weight excluding hydrogens is 242 g/mol. The van der Waals surface area contributed by atoms with Crippen LogP contribution >= 0.6 is 11.8 Å². The predicted molar refractivity (Wildman–Crippen MR) is 84.1 cm³/mol. The van der Waals surface area contributed by atoms with Gasteiger partial charge in [-0.3, -0.25) is 5.32 Å². The molecule has 1 aliphatic heterocycles. The minimum absolute atomic E-state index is 0.255. The van der Waals surface area contributed by atoms with E-state index >= 15 is 0 Å². The number of hydrogen-bond donors (Lipinski definition) is 2. The topological polar surface area (TPSA) is 32.3 Å². The number of nitrogens with one attached hydrogen (secondary N) is 1. The molecule has 1 fully saturated rings. The van der Waals surface area contributed by atoms with Crippen molar-refractivity contribution < 1.29 is 5.11 Å². The van der Waals surface area contributed by atoms with Gasteiger partial charge >= 0.3 is 0 Å². The van der Waals surface area contributed by atoms with E-state index in [4.69, 9.17) is 0 Å². The van der Waals surface area contributed by atoms with Gasteiger partial charge in [-0.05, 0) is 36.3 Å². The summed E-state index contributed by atoms with van der Waals surface area (Å²) in [5, 5.41) is 12.6. The molecule has 3 heteroatoms. The van der Waals surface area contributed by atoms with Crippen molar-refractivity contribution in [1.82, 2.24) is 5.32 Å². The molecule has 1 rings (SSSR count). The van der Waals surface area contributed by atoms with Gasteiger partial charge in [0.2, 0.25) is 0 Å². The lowest BCUT2D eigenvalue weighted by Crippen LogP contribution is -2.31. The van der Waals surface area contributed by atoms with Crippen LogP contribution in [0.25, 0.3) is 0 Å². The van der Waals surface area contributed by atoms with Crippen LogP contribution in [0.1, 0.15) is 60.8 Å². The fourth-order valence-electron chi connectivity index (χ4n) is 2.57. The highest BCUT2D eigenvalue weighted by Crippen LogP contribution is 2.30. The van der Waals surface area contributed by atoms with E-state index in [1.54, 1.807) is 0 Å². The smallest absolute Gasteiger partial charge is 0.105 e. The molecule has 2 unspecified atom stereocenters. The van der Waals surface area contributed by atoms with Gasteiger partial charge in [-0.2, -0.15) is 11.8 Å². The number of thioether (sulfide) groups is 1. The van der Waals surface area contributed by atoms with Gasteiger partial charge in [0.25, 0.3) is 0 Å². The fraction of sp³-hybridized carbons (Fsp3) is 1.00. The Morgan fingerprint density at radius 1 is 1.28 bits per heavy atom. The Balaban J connectivity index is 0.00000137. The van der Waals surface area contributed by atoms with Crippen molar-refractivity contribution in [2.45, 2.75) is 73.1 Å². The van der Waals surface area contributed by atoms with Crippen molar-refractivity contribution in [3.63, 3.8) is 0 Å². The zero-order valence-corrected chi connectivity index (χ0v) is 13.9. The molecule has 0 aromatic rings. The van der Waals surface area contributed by atoms with E-state index in [9.17, 15) is 5.11 Å². The molecule has 0 aliphatic carbocycles. The van der Waals surface area contributed by atoms with Gasteiger partial charge in [-0.1, -0.05) is 41.5 Å². The second-order valence-corrected chi connectivity index (χ2v) is 7.26. The van der Waals surface area contributed by atoms with E-state index in [1.165, 1.54) is 12.2 Å². The van der Waals surface area contributed by atoms with Gasteiger partial charge in [-0.25, -0.2) is 0 Å². The molecule has 2 atom stereocenters. The van der Waals surface area contributed by atoms with Gasteiger partial charge in [-0.15, -0.1) is 0 Å². The minimum Gasteiger partial charge on any atom is -0.379 e. The Morgan fingerprint density at radius 2 is 1.89 bits per heavy atom. The van der Waals surface area contributed by atoms with Gasteiger partial charge in [0.15, 0.2) is 0 Å². The van der Waals surface area contributed by atoms with Crippen LogP contribution in [-0.2, 0) is 0 Å². The van der Waals surface area contributed by atoms with Crippen molar-refractivity contribution in [2.24, 2.45) is 11.3 Å². The fourth-order valence-corrected chi connectivity index (χ4v) is 3.91. The van der Waals surface area contributed by atoms with Crippen LogP contribution < -0.4 is 5.32 Å². The Hall–Kier alpha value is 0.270. The summed E-state index contributed by atoms with van der Waals surface area (Å²) in [6.07, 6.45) is 3.08. The molecule has 2 N–H and O–H groups in total. The number of aliphatic hydroxyl groups excluding tert-OH is 1. The maximum Gasteiger partial charge on any atom is 0.105 e. The second-order valence-electron chi connectivity index (χ2n) is 6.23. The summed E-state index contributed by atoms with van der Waals surface area (Å²) in [4.78, 5) is 0. The lowest BCUT2D eigenvalue weighted by Gasteiger charge is -2.26. The van der Waals surface area contributed by atoms with E-state index in [1.807, 2.05) is 25.6 Å². The SMILES string of the molecule is CC.CC(C)CC(C)(C)CSCC1CCC(O)N1.